The molecule has 5 nitrogen and oxygen atoms in total. The topological polar surface area (TPSA) is 74.4 Å². The summed E-state index contributed by atoms with van der Waals surface area (Å²) >= 11 is 0. The number of aromatic hydroxyl groups is 1. The Kier molecular flexibility index (Phi) is 7.03. The number of halogens is 4. The van der Waals surface area contributed by atoms with Gasteiger partial charge >= 0.3 is 6.18 Å². The van der Waals surface area contributed by atoms with Crippen LogP contribution in [-0.2, 0) is 11.3 Å². The maximum absolute atomic E-state index is 14.4. The minimum absolute atomic E-state index is 0.0294. The zero-order valence-corrected chi connectivity index (χ0v) is 19.6. The van der Waals surface area contributed by atoms with Gasteiger partial charge in [0.25, 0.3) is 0 Å². The van der Waals surface area contributed by atoms with Crippen LogP contribution in [0.25, 0.3) is 5.70 Å². The van der Waals surface area contributed by atoms with Crippen LogP contribution >= 0.6 is 0 Å². The van der Waals surface area contributed by atoms with Gasteiger partial charge in [0, 0.05) is 42.2 Å². The molecule has 9 heteroatoms. The predicted octanol–water partition coefficient (Wildman–Crippen LogP) is 5.88. The number of nitrogens with zero attached hydrogens (tertiary/aromatic N) is 2. The van der Waals surface area contributed by atoms with Gasteiger partial charge in [-0.3, -0.25) is 4.99 Å². The lowest BCUT2D eigenvalue weighted by atomic mass is 10.1. The van der Waals surface area contributed by atoms with E-state index in [4.69, 9.17) is 10.5 Å². The normalized spacial score (nSPS) is 18.3. The number of alkyl halides is 3. The van der Waals surface area contributed by atoms with E-state index in [9.17, 15) is 22.7 Å². The van der Waals surface area contributed by atoms with Crippen molar-refractivity contribution in [1.29, 1.82) is 0 Å². The number of phenolic OH excluding ortho intramolecular Hbond substituents is 1. The molecule has 3 aromatic rings. The first-order valence-electron chi connectivity index (χ1n) is 11.1. The number of anilines is 1. The maximum Gasteiger partial charge on any atom is 0.432 e. The van der Waals surface area contributed by atoms with Gasteiger partial charge in [0.15, 0.2) is 6.23 Å². The Labute approximate surface area is 206 Å². The van der Waals surface area contributed by atoms with Crippen molar-refractivity contribution in [1.82, 2.24) is 0 Å². The average molecular weight is 500 g/mol. The summed E-state index contributed by atoms with van der Waals surface area (Å²) in [5.41, 5.74) is 7.45. The Hall–Kier alpha value is -3.85. The van der Waals surface area contributed by atoms with Gasteiger partial charge in [0.1, 0.15) is 23.4 Å². The lowest BCUT2D eigenvalue weighted by Crippen LogP contribution is -2.26. The second kappa shape index (κ2) is 10.0. The minimum atomic E-state index is -4.68. The van der Waals surface area contributed by atoms with Gasteiger partial charge in [0.2, 0.25) is 0 Å². The van der Waals surface area contributed by atoms with Crippen LogP contribution in [0.3, 0.4) is 0 Å². The molecule has 0 saturated carbocycles. The summed E-state index contributed by atoms with van der Waals surface area (Å²) in [6.45, 7) is 2.36. The molecular weight excluding hydrogens is 474 g/mol. The number of ether oxygens (including phenoxy) is 1. The van der Waals surface area contributed by atoms with E-state index in [1.165, 1.54) is 18.2 Å². The summed E-state index contributed by atoms with van der Waals surface area (Å²) in [5, 5.41) is 10.7. The Morgan fingerprint density at radius 1 is 1.11 bits per heavy atom. The molecule has 1 aliphatic rings. The summed E-state index contributed by atoms with van der Waals surface area (Å²) in [5.74, 6) is -0.690. The highest BCUT2D eigenvalue weighted by molar-refractivity contribution is 6.04. The van der Waals surface area contributed by atoms with E-state index in [0.717, 1.165) is 18.2 Å². The van der Waals surface area contributed by atoms with E-state index in [-0.39, 0.29) is 22.8 Å². The number of phenols is 1. The van der Waals surface area contributed by atoms with Gasteiger partial charge in [-0.1, -0.05) is 48.0 Å². The fourth-order valence-corrected chi connectivity index (χ4v) is 3.93. The first-order chi connectivity index (χ1) is 17.1. The zero-order chi connectivity index (χ0) is 26.0. The monoisotopic (exact) mass is 499 g/mol. The van der Waals surface area contributed by atoms with Crippen LogP contribution in [0.1, 0.15) is 28.4 Å². The number of epoxide rings is 1. The maximum atomic E-state index is 14.4. The van der Waals surface area contributed by atoms with Crippen LogP contribution in [0.5, 0.6) is 5.75 Å². The number of aliphatic imine (C=N–C) groups is 1. The third kappa shape index (κ3) is 5.52. The second-order valence-electron chi connectivity index (χ2n) is 8.49. The van der Waals surface area contributed by atoms with Crippen LogP contribution in [0, 0.1) is 12.7 Å². The van der Waals surface area contributed by atoms with Crippen molar-refractivity contribution in [2.45, 2.75) is 32.0 Å². The van der Waals surface area contributed by atoms with Crippen molar-refractivity contribution in [3.63, 3.8) is 0 Å². The predicted molar refractivity (Wildman–Crippen MR) is 131 cm³/mol. The Balaban J connectivity index is 1.66. The standard InChI is InChI=1S/C27H25F4N3O2/c1-16-7-9-17(10-8-16)15-34(26-25(36-26)19-5-3-4-6-21(19)28)18-11-12-20(23(35)13-18)22(32)14-24(33-2)27(29,30)31/h3-14,25-26,35H,15,32H2,1-2H3. The molecule has 3 N–H and O–H groups in total. The molecule has 1 heterocycles. The Morgan fingerprint density at radius 2 is 1.81 bits per heavy atom. The third-order valence-corrected chi connectivity index (χ3v) is 5.91. The fourth-order valence-electron chi connectivity index (χ4n) is 3.93. The number of benzene rings is 3. The molecular formula is C27H25F4N3O2. The Bertz CT molecular complexity index is 1300. The minimum Gasteiger partial charge on any atom is -0.507 e. The molecule has 0 aliphatic carbocycles. The SMILES string of the molecule is CN=C(C=C(N)c1ccc(N(Cc2ccc(C)cc2)C2OC2c2ccccc2F)cc1O)C(F)(F)F. The van der Waals surface area contributed by atoms with Crippen LogP contribution in [0.4, 0.5) is 23.2 Å². The van der Waals surface area contributed by atoms with E-state index in [2.05, 4.69) is 4.99 Å². The van der Waals surface area contributed by atoms with Crippen molar-refractivity contribution in [3.8, 4) is 5.75 Å². The van der Waals surface area contributed by atoms with Crippen LogP contribution in [0.2, 0.25) is 0 Å². The van der Waals surface area contributed by atoms with Gasteiger partial charge in [-0.05, 0) is 36.8 Å². The van der Waals surface area contributed by atoms with Crippen molar-refractivity contribution < 1.29 is 27.4 Å². The number of allylic oxidation sites excluding steroid dienone is 1. The third-order valence-electron chi connectivity index (χ3n) is 5.91. The molecule has 0 bridgehead atoms. The second-order valence-corrected chi connectivity index (χ2v) is 8.49. The van der Waals surface area contributed by atoms with E-state index in [0.29, 0.717) is 23.9 Å². The molecule has 0 aromatic heterocycles. The number of nitrogens with two attached hydrogens (primary N) is 1. The molecule has 36 heavy (non-hydrogen) atoms. The summed E-state index contributed by atoms with van der Waals surface area (Å²) < 4.78 is 59.4. The smallest absolute Gasteiger partial charge is 0.432 e. The largest absolute Gasteiger partial charge is 0.507 e. The van der Waals surface area contributed by atoms with Gasteiger partial charge in [0.05, 0.1) is 0 Å². The summed E-state index contributed by atoms with van der Waals surface area (Å²) in [6.07, 6.45) is -5.02. The van der Waals surface area contributed by atoms with Gasteiger partial charge in [-0.15, -0.1) is 0 Å². The highest BCUT2D eigenvalue weighted by Crippen LogP contribution is 2.45. The van der Waals surface area contributed by atoms with E-state index < -0.39 is 24.2 Å². The van der Waals surface area contributed by atoms with Gasteiger partial charge in [-0.25, -0.2) is 4.39 Å². The van der Waals surface area contributed by atoms with E-state index >= 15 is 0 Å². The zero-order valence-electron chi connectivity index (χ0n) is 19.6. The molecule has 1 saturated heterocycles. The van der Waals surface area contributed by atoms with Crippen molar-refractivity contribution in [2.24, 2.45) is 10.7 Å². The molecule has 0 amide bonds. The molecule has 1 aliphatic heterocycles. The first kappa shape index (κ1) is 25.2. The van der Waals surface area contributed by atoms with Gasteiger partial charge in [-0.2, -0.15) is 13.2 Å². The highest BCUT2D eigenvalue weighted by atomic mass is 19.4. The molecule has 0 radical (unpaired) electrons. The summed E-state index contributed by atoms with van der Waals surface area (Å²) in [6, 6.07) is 18.7. The van der Waals surface area contributed by atoms with Crippen LogP contribution < -0.4 is 10.6 Å². The molecule has 2 atom stereocenters. The number of hydrogen-bond donors (Lipinski definition) is 2. The van der Waals surface area contributed by atoms with Crippen molar-refractivity contribution >= 4 is 17.1 Å². The summed E-state index contributed by atoms with van der Waals surface area (Å²) in [7, 11) is 1.01. The molecule has 3 aromatic carbocycles. The first-order valence-corrected chi connectivity index (χ1v) is 11.1. The molecule has 1 fully saturated rings. The highest BCUT2D eigenvalue weighted by Gasteiger charge is 2.46. The van der Waals surface area contributed by atoms with Gasteiger partial charge < -0.3 is 20.5 Å². The summed E-state index contributed by atoms with van der Waals surface area (Å²) in [4.78, 5) is 5.09. The van der Waals surface area contributed by atoms with Crippen molar-refractivity contribution in [2.75, 3.05) is 11.9 Å². The molecule has 4 rings (SSSR count). The lowest BCUT2D eigenvalue weighted by Gasteiger charge is -2.24. The Morgan fingerprint density at radius 3 is 2.42 bits per heavy atom. The molecule has 0 spiro atoms. The van der Waals surface area contributed by atoms with E-state index in [1.54, 1.807) is 24.3 Å². The number of hydrogen-bond acceptors (Lipinski definition) is 5. The lowest BCUT2D eigenvalue weighted by molar-refractivity contribution is -0.0577. The molecule has 188 valence electrons. The fraction of sp³-hybridized carbons (Fsp3) is 0.222. The average Bonchev–Trinajstić information content (AvgIpc) is 3.61. The quantitative estimate of drug-likeness (QED) is 0.242. The van der Waals surface area contributed by atoms with Crippen LogP contribution in [0.15, 0.2) is 77.8 Å². The number of aryl methyl sites for hydroxylation is 1. The van der Waals surface area contributed by atoms with Crippen LogP contribution in [-0.4, -0.2) is 30.3 Å². The number of rotatable bonds is 7. The molecule has 2 unspecified atom stereocenters. The van der Waals surface area contributed by atoms with Crippen molar-refractivity contribution in [3.05, 3.63) is 101 Å². The van der Waals surface area contributed by atoms with E-state index in [1.807, 2.05) is 36.1 Å².